The quantitative estimate of drug-likeness (QED) is 0.255. The molecule has 0 spiro atoms. The zero-order valence-electron chi connectivity index (χ0n) is 20.2. The maximum atomic E-state index is 6.87. The van der Waals surface area contributed by atoms with E-state index in [9.17, 15) is 0 Å². The van der Waals surface area contributed by atoms with Gasteiger partial charge in [-0.3, -0.25) is 0 Å². The average molecular weight is 464 g/mol. The third-order valence-electron chi connectivity index (χ3n) is 8.04. The highest BCUT2D eigenvalue weighted by atomic mass is 16.5. The number of pyridine rings is 1. The van der Waals surface area contributed by atoms with Gasteiger partial charge in [0, 0.05) is 29.3 Å². The van der Waals surface area contributed by atoms with Crippen LogP contribution in [0.3, 0.4) is 0 Å². The Morgan fingerprint density at radius 1 is 0.750 bits per heavy atom. The van der Waals surface area contributed by atoms with Crippen LogP contribution in [-0.2, 0) is 13.5 Å². The Morgan fingerprint density at radius 3 is 2.47 bits per heavy atom. The smallest absolute Gasteiger partial charge is 0.251 e. The van der Waals surface area contributed by atoms with Crippen molar-refractivity contribution in [2.24, 2.45) is 7.05 Å². The number of aromatic nitrogens is 1. The van der Waals surface area contributed by atoms with Crippen LogP contribution in [0.2, 0.25) is 0 Å². The Balaban J connectivity index is 1.45. The van der Waals surface area contributed by atoms with Crippen LogP contribution >= 0.6 is 0 Å². The molecule has 170 valence electrons. The van der Waals surface area contributed by atoms with Crippen LogP contribution in [0.5, 0.6) is 11.5 Å². The number of rotatable bonds is 1. The maximum Gasteiger partial charge on any atom is 0.251 e. The number of para-hydroxylation sites is 1. The van der Waals surface area contributed by atoms with Gasteiger partial charge in [0.15, 0.2) is 6.20 Å². The van der Waals surface area contributed by atoms with E-state index in [0.717, 1.165) is 40.3 Å². The maximum absolute atomic E-state index is 6.87. The van der Waals surface area contributed by atoms with Gasteiger partial charge in [0.05, 0.1) is 5.56 Å². The molecule has 0 saturated heterocycles. The van der Waals surface area contributed by atoms with Gasteiger partial charge in [0.25, 0.3) is 6.71 Å². The molecule has 0 saturated carbocycles. The molecule has 2 aliphatic heterocycles. The molecule has 4 aromatic carbocycles. The van der Waals surface area contributed by atoms with Crippen LogP contribution in [0.4, 0.5) is 0 Å². The second-order valence-electron chi connectivity index (χ2n) is 10.0. The van der Waals surface area contributed by atoms with Crippen LogP contribution in [0.25, 0.3) is 33.2 Å². The number of fused-ring (bicyclic) bond motifs is 8. The monoisotopic (exact) mass is 464 g/mol. The molecule has 2 aromatic heterocycles. The van der Waals surface area contributed by atoms with E-state index in [-0.39, 0.29) is 6.71 Å². The fourth-order valence-electron chi connectivity index (χ4n) is 6.39. The van der Waals surface area contributed by atoms with Crippen molar-refractivity contribution in [3.63, 3.8) is 0 Å². The van der Waals surface area contributed by atoms with E-state index in [1.165, 1.54) is 43.9 Å². The molecule has 6 aromatic rings. The van der Waals surface area contributed by atoms with Gasteiger partial charge >= 0.3 is 0 Å². The number of ether oxygens (including phenoxy) is 1. The SMILES string of the molecule is Cc1ccc2c(oc3c4c(ccc32)B2c3ccccc3Oc3cccc(c32)C4)c1-c1cccc[n+]1C. The van der Waals surface area contributed by atoms with E-state index in [2.05, 4.69) is 104 Å². The summed E-state index contributed by atoms with van der Waals surface area (Å²) < 4.78 is 15.4. The second-order valence-corrected chi connectivity index (χ2v) is 10.0. The van der Waals surface area contributed by atoms with Gasteiger partial charge in [-0.15, -0.1) is 0 Å². The molecule has 0 amide bonds. The molecule has 0 unspecified atom stereocenters. The zero-order chi connectivity index (χ0) is 24.0. The number of benzene rings is 4. The second kappa shape index (κ2) is 7.11. The molecule has 36 heavy (non-hydrogen) atoms. The molecule has 0 fully saturated rings. The molecule has 0 N–H and O–H groups in total. The van der Waals surface area contributed by atoms with E-state index in [4.69, 9.17) is 9.15 Å². The summed E-state index contributed by atoms with van der Waals surface area (Å²) in [5.74, 6) is 1.92. The Hall–Kier alpha value is -4.31. The van der Waals surface area contributed by atoms with E-state index in [1.807, 2.05) is 6.07 Å². The summed E-state index contributed by atoms with van der Waals surface area (Å²) in [7, 11) is 2.09. The summed E-state index contributed by atoms with van der Waals surface area (Å²) >= 11 is 0. The van der Waals surface area contributed by atoms with E-state index >= 15 is 0 Å². The third-order valence-corrected chi connectivity index (χ3v) is 8.04. The van der Waals surface area contributed by atoms with Crippen molar-refractivity contribution < 1.29 is 13.7 Å². The summed E-state index contributed by atoms with van der Waals surface area (Å²) in [6.07, 6.45) is 2.93. The highest BCUT2D eigenvalue weighted by molar-refractivity contribution is 6.98. The minimum atomic E-state index is 0.149. The largest absolute Gasteiger partial charge is 0.458 e. The molecule has 4 heterocycles. The topological polar surface area (TPSA) is 26.2 Å². The Bertz CT molecular complexity index is 1880. The summed E-state index contributed by atoms with van der Waals surface area (Å²) in [6.45, 7) is 2.32. The molecular formula is C32H23BNO2+. The molecular weight excluding hydrogens is 441 g/mol. The van der Waals surface area contributed by atoms with Gasteiger partial charge in [-0.25, -0.2) is 4.57 Å². The number of furan rings is 1. The first-order chi connectivity index (χ1) is 17.7. The predicted molar refractivity (Wildman–Crippen MR) is 145 cm³/mol. The van der Waals surface area contributed by atoms with Crippen LogP contribution in [-0.4, -0.2) is 6.71 Å². The first kappa shape index (κ1) is 19.9. The lowest BCUT2D eigenvalue weighted by molar-refractivity contribution is -0.660. The van der Waals surface area contributed by atoms with E-state index < -0.39 is 0 Å². The van der Waals surface area contributed by atoms with Gasteiger partial charge in [0.2, 0.25) is 5.69 Å². The number of nitrogens with zero attached hydrogens (tertiary/aromatic N) is 1. The summed E-state index contributed by atoms with van der Waals surface area (Å²) in [5, 5.41) is 2.35. The van der Waals surface area contributed by atoms with Crippen molar-refractivity contribution in [3.8, 4) is 22.8 Å². The van der Waals surface area contributed by atoms with Gasteiger partial charge in [0.1, 0.15) is 29.7 Å². The van der Waals surface area contributed by atoms with E-state index in [0.29, 0.717) is 0 Å². The van der Waals surface area contributed by atoms with Crippen LogP contribution in [0.1, 0.15) is 16.7 Å². The molecule has 0 bridgehead atoms. The summed E-state index contributed by atoms with van der Waals surface area (Å²) in [5.41, 5.74) is 12.0. The van der Waals surface area contributed by atoms with Crippen molar-refractivity contribution in [1.29, 1.82) is 0 Å². The van der Waals surface area contributed by atoms with Crippen molar-refractivity contribution >= 4 is 45.0 Å². The van der Waals surface area contributed by atoms with Gasteiger partial charge in [-0.05, 0) is 52.7 Å². The van der Waals surface area contributed by atoms with Crippen molar-refractivity contribution in [2.45, 2.75) is 13.3 Å². The lowest BCUT2D eigenvalue weighted by atomic mass is 9.32. The zero-order valence-corrected chi connectivity index (χ0v) is 20.2. The van der Waals surface area contributed by atoms with Crippen molar-refractivity contribution in [2.75, 3.05) is 0 Å². The molecule has 8 rings (SSSR count). The molecule has 0 aliphatic carbocycles. The molecule has 3 nitrogen and oxygen atoms in total. The molecule has 4 heteroatoms. The number of hydrogen-bond acceptors (Lipinski definition) is 2. The Labute approximate surface area is 209 Å². The minimum Gasteiger partial charge on any atom is -0.458 e. The lowest BCUT2D eigenvalue weighted by Crippen LogP contribution is -2.59. The van der Waals surface area contributed by atoms with Gasteiger partial charge in [-0.1, -0.05) is 60.1 Å². The Morgan fingerprint density at radius 2 is 1.56 bits per heavy atom. The van der Waals surface area contributed by atoms with Gasteiger partial charge < -0.3 is 9.15 Å². The first-order valence-electron chi connectivity index (χ1n) is 12.5. The lowest BCUT2D eigenvalue weighted by Gasteiger charge is -2.33. The highest BCUT2D eigenvalue weighted by Gasteiger charge is 2.39. The van der Waals surface area contributed by atoms with Crippen LogP contribution in [0.15, 0.2) is 95.5 Å². The van der Waals surface area contributed by atoms with E-state index in [1.54, 1.807) is 0 Å². The van der Waals surface area contributed by atoms with Gasteiger partial charge in [-0.2, -0.15) is 0 Å². The summed E-state index contributed by atoms with van der Waals surface area (Å²) in [4.78, 5) is 0. The Kier molecular flexibility index (Phi) is 3.94. The standard InChI is InChI=1S/C32H23BNO2/c1-19-13-14-22-21-15-16-24-23(31(21)36-32(22)29(19)26-10-5-6-17-34(26)2)18-20-8-7-12-28-30(20)33(24)25-9-3-4-11-27(25)35-28/h3-17H,18H2,1-2H3/q+1. The number of hydrogen-bond donors (Lipinski definition) is 0. The minimum absolute atomic E-state index is 0.149. The third kappa shape index (κ3) is 2.56. The molecule has 2 aliphatic rings. The first-order valence-corrected chi connectivity index (χ1v) is 12.5. The van der Waals surface area contributed by atoms with Crippen LogP contribution in [0, 0.1) is 6.92 Å². The molecule has 0 atom stereocenters. The fraction of sp³-hybridized carbons (Fsp3) is 0.0938. The molecule has 0 radical (unpaired) electrons. The normalized spacial score (nSPS) is 13.3. The fourth-order valence-corrected chi connectivity index (χ4v) is 6.39. The highest BCUT2D eigenvalue weighted by Crippen LogP contribution is 2.39. The van der Waals surface area contributed by atoms with Crippen molar-refractivity contribution in [1.82, 2.24) is 0 Å². The van der Waals surface area contributed by atoms with Crippen LogP contribution < -0.4 is 25.7 Å². The number of aryl methyl sites for hydroxylation is 2. The summed E-state index contributed by atoms with van der Waals surface area (Å²) in [6, 6.07) is 30.2. The predicted octanol–water partition coefficient (Wildman–Crippen LogP) is 4.91. The van der Waals surface area contributed by atoms with Crippen molar-refractivity contribution in [3.05, 3.63) is 108 Å². The average Bonchev–Trinajstić information content (AvgIpc) is 3.28.